The third-order valence-corrected chi connectivity index (χ3v) is 4.60. The Balaban J connectivity index is 2.12. The van der Waals surface area contributed by atoms with Crippen molar-refractivity contribution >= 4 is 11.2 Å². The fraction of sp³-hybridized carbons (Fsp3) is 0.467. The molecule has 0 radical (unpaired) electrons. The second kappa shape index (κ2) is 4.53. The zero-order chi connectivity index (χ0) is 15.4. The number of aromatic nitrogens is 2. The molecule has 1 fully saturated rings. The van der Waals surface area contributed by atoms with Crippen molar-refractivity contribution in [2.75, 3.05) is 30.4 Å². The van der Waals surface area contributed by atoms with Crippen molar-refractivity contribution in [3.8, 4) is 5.75 Å². The van der Waals surface area contributed by atoms with Crippen LogP contribution in [-0.4, -0.2) is 28.8 Å². The van der Waals surface area contributed by atoms with Gasteiger partial charge in [-0.05, 0) is 18.9 Å². The summed E-state index contributed by atoms with van der Waals surface area (Å²) in [6.07, 6.45) is 3.97. The third-order valence-electron chi connectivity index (χ3n) is 4.60. The molecule has 7 nitrogen and oxygen atoms in total. The summed E-state index contributed by atoms with van der Waals surface area (Å²) in [6, 6.07) is 1.87. The highest BCUT2D eigenvalue weighted by Crippen LogP contribution is 2.39. The minimum Gasteiger partial charge on any atom is -0.489 e. The van der Waals surface area contributed by atoms with E-state index in [1.807, 2.05) is 13.0 Å². The van der Waals surface area contributed by atoms with Gasteiger partial charge in [-0.15, -0.1) is 0 Å². The molecule has 2 aromatic heterocycles. The van der Waals surface area contributed by atoms with Gasteiger partial charge in [-0.25, -0.2) is 4.79 Å². The van der Waals surface area contributed by atoms with Crippen LogP contribution >= 0.6 is 0 Å². The summed E-state index contributed by atoms with van der Waals surface area (Å²) in [7, 11) is 0. The molecule has 0 bridgehead atoms. The van der Waals surface area contributed by atoms with Crippen LogP contribution in [0.15, 0.2) is 21.9 Å². The smallest absolute Gasteiger partial charge is 0.354 e. The lowest BCUT2D eigenvalue weighted by molar-refractivity contribution is 0.286. The van der Waals surface area contributed by atoms with E-state index in [1.54, 1.807) is 6.20 Å². The molecule has 0 saturated carbocycles. The molecule has 2 aliphatic heterocycles. The van der Waals surface area contributed by atoms with Gasteiger partial charge in [0.05, 0.1) is 17.9 Å². The van der Waals surface area contributed by atoms with E-state index < -0.39 is 11.2 Å². The summed E-state index contributed by atoms with van der Waals surface area (Å²) in [5, 5.41) is 0. The van der Waals surface area contributed by atoms with Crippen LogP contribution in [-0.2, 0) is 0 Å². The number of nitrogens with two attached hydrogens (primary N) is 1. The number of hydrogen-bond donors (Lipinski definition) is 1. The van der Waals surface area contributed by atoms with Crippen molar-refractivity contribution in [1.29, 1.82) is 0 Å². The molecule has 7 heteroatoms. The van der Waals surface area contributed by atoms with Gasteiger partial charge in [0.2, 0.25) is 0 Å². The Labute approximate surface area is 126 Å². The van der Waals surface area contributed by atoms with Crippen LogP contribution in [0, 0.1) is 0 Å². The number of hydrogen-bond acceptors (Lipinski definition) is 5. The zero-order valence-electron chi connectivity index (χ0n) is 12.4. The van der Waals surface area contributed by atoms with Gasteiger partial charge in [0.15, 0.2) is 5.75 Å². The summed E-state index contributed by atoms with van der Waals surface area (Å²) in [4.78, 5) is 26.9. The molecule has 0 aromatic carbocycles. The Morgan fingerprint density at radius 1 is 1.27 bits per heavy atom. The lowest BCUT2D eigenvalue weighted by Crippen LogP contribution is -2.46. The van der Waals surface area contributed by atoms with Crippen molar-refractivity contribution in [2.24, 2.45) is 0 Å². The number of nitrogen functional groups attached to an aromatic ring is 1. The first kappa shape index (κ1) is 13.2. The molecule has 0 spiro atoms. The summed E-state index contributed by atoms with van der Waals surface area (Å²) >= 11 is 0. The molecule has 2 aromatic rings. The van der Waals surface area contributed by atoms with Crippen LogP contribution < -0.4 is 26.7 Å². The largest absolute Gasteiger partial charge is 0.489 e. The number of rotatable bonds is 1. The first-order valence-corrected chi connectivity index (χ1v) is 7.56. The minimum atomic E-state index is -0.546. The van der Waals surface area contributed by atoms with Gasteiger partial charge < -0.3 is 15.5 Å². The molecular formula is C15H18N4O3. The van der Waals surface area contributed by atoms with Crippen molar-refractivity contribution < 1.29 is 4.74 Å². The maximum Gasteiger partial charge on any atom is 0.354 e. The second-order valence-electron chi connectivity index (χ2n) is 6.03. The Hall–Kier alpha value is -2.44. The van der Waals surface area contributed by atoms with Crippen molar-refractivity contribution in [1.82, 2.24) is 9.08 Å². The van der Waals surface area contributed by atoms with Crippen LogP contribution in [0.3, 0.4) is 0 Å². The topological polar surface area (TPSA) is 82.0 Å². The molecule has 0 amide bonds. The van der Waals surface area contributed by atoms with E-state index in [4.69, 9.17) is 10.6 Å². The zero-order valence-corrected chi connectivity index (χ0v) is 12.4. The van der Waals surface area contributed by atoms with Gasteiger partial charge in [0, 0.05) is 25.2 Å². The molecule has 2 aliphatic rings. The van der Waals surface area contributed by atoms with Gasteiger partial charge in [0.25, 0.3) is 5.56 Å². The van der Waals surface area contributed by atoms with Gasteiger partial charge in [-0.2, -0.15) is 4.68 Å². The van der Waals surface area contributed by atoms with Crippen molar-refractivity contribution in [3.05, 3.63) is 38.7 Å². The summed E-state index contributed by atoms with van der Waals surface area (Å²) in [5.41, 5.74) is 1.11. The SMILES string of the molecule is CC1COc2c(N3CCCC3)ccn3c(=O)n(N)c(=O)c1c23. The lowest BCUT2D eigenvalue weighted by atomic mass is 9.99. The highest BCUT2D eigenvalue weighted by molar-refractivity contribution is 5.78. The highest BCUT2D eigenvalue weighted by atomic mass is 16.5. The highest BCUT2D eigenvalue weighted by Gasteiger charge is 2.29. The summed E-state index contributed by atoms with van der Waals surface area (Å²) < 4.78 is 8.01. The second-order valence-corrected chi connectivity index (χ2v) is 6.03. The normalized spacial score (nSPS) is 20.4. The molecule has 1 atom stereocenters. The molecule has 1 saturated heterocycles. The fourth-order valence-corrected chi connectivity index (χ4v) is 3.46. The van der Waals surface area contributed by atoms with E-state index in [2.05, 4.69) is 4.90 Å². The molecule has 22 heavy (non-hydrogen) atoms. The number of ether oxygens (including phenoxy) is 1. The predicted octanol–water partition coefficient (Wildman–Crippen LogP) is 0.271. The van der Waals surface area contributed by atoms with Gasteiger partial charge in [-0.3, -0.25) is 9.20 Å². The third kappa shape index (κ3) is 1.62. The maximum atomic E-state index is 12.4. The van der Waals surface area contributed by atoms with Crippen molar-refractivity contribution in [2.45, 2.75) is 25.7 Å². The molecule has 2 N–H and O–H groups in total. The first-order chi connectivity index (χ1) is 10.6. The molecule has 1 unspecified atom stereocenters. The van der Waals surface area contributed by atoms with Crippen LogP contribution in [0.25, 0.3) is 5.52 Å². The summed E-state index contributed by atoms with van der Waals surface area (Å²) in [5.74, 6) is 6.17. The lowest BCUT2D eigenvalue weighted by Gasteiger charge is -2.28. The standard InChI is InChI=1S/C15H18N4O3/c1-9-8-22-13-10(17-5-2-3-6-17)4-7-18-12(13)11(9)14(20)19(16)15(18)21/h4,7,9H,2-3,5-6,8,16H2,1H3. The Morgan fingerprint density at radius 3 is 2.73 bits per heavy atom. The fourth-order valence-electron chi connectivity index (χ4n) is 3.46. The maximum absolute atomic E-state index is 12.4. The quantitative estimate of drug-likeness (QED) is 0.765. The van der Waals surface area contributed by atoms with Gasteiger partial charge in [0.1, 0.15) is 5.52 Å². The average Bonchev–Trinajstić information content (AvgIpc) is 3.04. The summed E-state index contributed by atoms with van der Waals surface area (Å²) in [6.45, 7) is 4.26. The molecule has 0 aliphatic carbocycles. The van der Waals surface area contributed by atoms with Crippen LogP contribution in [0.1, 0.15) is 31.2 Å². The minimum absolute atomic E-state index is 0.0979. The predicted molar refractivity (Wildman–Crippen MR) is 83.4 cm³/mol. The average molecular weight is 302 g/mol. The van der Waals surface area contributed by atoms with E-state index in [0.717, 1.165) is 31.6 Å². The van der Waals surface area contributed by atoms with Crippen molar-refractivity contribution in [3.63, 3.8) is 0 Å². The molecule has 116 valence electrons. The van der Waals surface area contributed by atoms with E-state index in [1.165, 1.54) is 4.40 Å². The first-order valence-electron chi connectivity index (χ1n) is 7.56. The number of anilines is 1. The van der Waals surface area contributed by atoms with E-state index in [9.17, 15) is 9.59 Å². The van der Waals surface area contributed by atoms with Gasteiger partial charge >= 0.3 is 5.69 Å². The van der Waals surface area contributed by atoms with Crippen LogP contribution in [0.4, 0.5) is 5.69 Å². The number of nitrogens with zero attached hydrogens (tertiary/aromatic N) is 3. The van der Waals surface area contributed by atoms with Crippen LogP contribution in [0.5, 0.6) is 5.75 Å². The van der Waals surface area contributed by atoms with Crippen LogP contribution in [0.2, 0.25) is 0 Å². The Morgan fingerprint density at radius 2 is 2.00 bits per heavy atom. The van der Waals surface area contributed by atoms with E-state index in [0.29, 0.717) is 28.1 Å². The Kier molecular flexibility index (Phi) is 2.72. The molecule has 4 heterocycles. The monoisotopic (exact) mass is 302 g/mol. The number of pyridine rings is 1. The van der Waals surface area contributed by atoms with E-state index >= 15 is 0 Å². The Bertz CT molecular complexity index is 877. The van der Waals surface area contributed by atoms with Gasteiger partial charge in [-0.1, -0.05) is 6.92 Å². The molecular weight excluding hydrogens is 284 g/mol. The molecule has 4 rings (SSSR count). The van der Waals surface area contributed by atoms with E-state index in [-0.39, 0.29) is 5.92 Å².